The number of ether oxygens (including phenoxy) is 5. The van der Waals surface area contributed by atoms with E-state index in [1.165, 1.54) is 6.33 Å². The van der Waals surface area contributed by atoms with Crippen molar-refractivity contribution in [3.63, 3.8) is 0 Å². The maximum Gasteiger partial charge on any atom is 0.246 e. The lowest BCUT2D eigenvalue weighted by Crippen LogP contribution is -2.23. The number of hydrogen-bond donors (Lipinski definition) is 2. The number of H-pyrrole nitrogens is 1. The molecule has 2 aromatic rings. The van der Waals surface area contributed by atoms with Crippen molar-refractivity contribution in [2.45, 2.75) is 6.10 Å². The third-order valence-corrected chi connectivity index (χ3v) is 3.49. The Bertz CT molecular complexity index is 848. The zero-order valence-corrected chi connectivity index (χ0v) is 16.4. The monoisotopic (exact) mass is 420 g/mol. The first kappa shape index (κ1) is 23.1. The van der Waals surface area contributed by atoms with E-state index in [0.29, 0.717) is 64.0 Å². The number of azide groups is 1. The second kappa shape index (κ2) is 13.9. The van der Waals surface area contributed by atoms with E-state index in [9.17, 15) is 0 Å². The van der Waals surface area contributed by atoms with Gasteiger partial charge in [0.2, 0.25) is 11.8 Å². The van der Waals surface area contributed by atoms with Crippen LogP contribution in [0, 0.1) is 12.3 Å². The highest BCUT2D eigenvalue weighted by Gasteiger charge is 2.14. The number of nitrogen functional groups attached to an aromatic ring is 1. The predicted molar refractivity (Wildman–Crippen MR) is 107 cm³/mol. The molecule has 30 heavy (non-hydrogen) atoms. The van der Waals surface area contributed by atoms with Gasteiger partial charge in [0.25, 0.3) is 0 Å². The van der Waals surface area contributed by atoms with Crippen molar-refractivity contribution in [1.29, 1.82) is 0 Å². The van der Waals surface area contributed by atoms with Gasteiger partial charge in [0.1, 0.15) is 5.52 Å². The fourth-order valence-electron chi connectivity index (χ4n) is 2.16. The highest BCUT2D eigenvalue weighted by molar-refractivity contribution is 5.76. The van der Waals surface area contributed by atoms with Crippen molar-refractivity contribution in [3.05, 3.63) is 16.8 Å². The van der Waals surface area contributed by atoms with E-state index in [4.69, 9.17) is 41.4 Å². The van der Waals surface area contributed by atoms with Crippen LogP contribution >= 0.6 is 0 Å². The van der Waals surface area contributed by atoms with Crippen molar-refractivity contribution in [2.75, 3.05) is 65.1 Å². The lowest BCUT2D eigenvalue weighted by molar-refractivity contribution is -0.00782. The lowest BCUT2D eigenvalue weighted by Gasteiger charge is -2.14. The van der Waals surface area contributed by atoms with E-state index < -0.39 is 6.10 Å². The highest BCUT2D eigenvalue weighted by atomic mass is 16.6. The van der Waals surface area contributed by atoms with Gasteiger partial charge in [0.05, 0.1) is 59.2 Å². The fourth-order valence-corrected chi connectivity index (χ4v) is 2.16. The number of aromatic amines is 1. The van der Waals surface area contributed by atoms with Crippen LogP contribution in [0.1, 0.15) is 0 Å². The molecule has 162 valence electrons. The third-order valence-electron chi connectivity index (χ3n) is 3.49. The van der Waals surface area contributed by atoms with Gasteiger partial charge in [-0.3, -0.25) is 0 Å². The molecule has 2 rings (SSSR count). The highest BCUT2D eigenvalue weighted by Crippen LogP contribution is 2.20. The summed E-state index contributed by atoms with van der Waals surface area (Å²) in [6.07, 6.45) is 6.30. The molecule has 1 atom stereocenters. The Labute approximate surface area is 172 Å². The summed E-state index contributed by atoms with van der Waals surface area (Å²) in [6, 6.07) is 0. The number of nitrogens with two attached hydrogens (primary N) is 1. The number of fused-ring (bicyclic) bond motifs is 1. The molecular formula is C17H24N8O5. The summed E-state index contributed by atoms with van der Waals surface area (Å²) in [5, 5.41) is 3.35. The number of anilines is 1. The van der Waals surface area contributed by atoms with Crippen LogP contribution in [-0.4, -0.2) is 85.4 Å². The van der Waals surface area contributed by atoms with Crippen LogP contribution < -0.4 is 10.5 Å². The van der Waals surface area contributed by atoms with Crippen molar-refractivity contribution < 1.29 is 23.7 Å². The van der Waals surface area contributed by atoms with Crippen molar-refractivity contribution >= 4 is 17.1 Å². The maximum atomic E-state index is 8.11. The van der Waals surface area contributed by atoms with Gasteiger partial charge in [-0.1, -0.05) is 11.0 Å². The van der Waals surface area contributed by atoms with E-state index in [-0.39, 0.29) is 18.4 Å². The summed E-state index contributed by atoms with van der Waals surface area (Å²) in [5.41, 5.74) is 14.7. The zero-order chi connectivity index (χ0) is 21.4. The van der Waals surface area contributed by atoms with E-state index in [0.717, 1.165) is 0 Å². The molecule has 0 aliphatic heterocycles. The van der Waals surface area contributed by atoms with Crippen molar-refractivity contribution in [1.82, 2.24) is 19.9 Å². The molecule has 0 saturated carbocycles. The zero-order valence-electron chi connectivity index (χ0n) is 16.4. The SMILES string of the molecule is C#CC(COCCOCCOCCOCCN=[N+]=[N-])Oc1nc(N)nc2nc[nH]c12. The van der Waals surface area contributed by atoms with Gasteiger partial charge in [0, 0.05) is 11.5 Å². The number of aromatic nitrogens is 4. The second-order valence-corrected chi connectivity index (χ2v) is 5.63. The largest absolute Gasteiger partial charge is 0.457 e. The lowest BCUT2D eigenvalue weighted by atomic mass is 10.4. The number of nitrogens with one attached hydrogen (secondary N) is 1. The molecule has 13 heteroatoms. The fraction of sp³-hybridized carbons (Fsp3) is 0.588. The van der Waals surface area contributed by atoms with Crippen molar-refractivity contribution in [2.24, 2.45) is 5.11 Å². The van der Waals surface area contributed by atoms with Gasteiger partial charge >= 0.3 is 0 Å². The number of terminal acetylenes is 1. The molecule has 0 aliphatic rings. The van der Waals surface area contributed by atoms with E-state index in [2.05, 4.69) is 35.9 Å². The normalized spacial score (nSPS) is 11.7. The van der Waals surface area contributed by atoms with Crippen LogP contribution in [0.2, 0.25) is 0 Å². The van der Waals surface area contributed by atoms with Crippen molar-refractivity contribution in [3.8, 4) is 18.2 Å². The summed E-state index contributed by atoms with van der Waals surface area (Å²) in [7, 11) is 0. The van der Waals surface area contributed by atoms with E-state index >= 15 is 0 Å². The Morgan fingerprint density at radius 1 is 1.10 bits per heavy atom. The topological polar surface area (TPSA) is 175 Å². The van der Waals surface area contributed by atoms with Gasteiger partial charge < -0.3 is 34.4 Å². The molecule has 2 aromatic heterocycles. The smallest absolute Gasteiger partial charge is 0.246 e. The van der Waals surface area contributed by atoms with Gasteiger partial charge in [-0.25, -0.2) is 4.98 Å². The Kier molecular flexibility index (Phi) is 10.8. The van der Waals surface area contributed by atoms with Gasteiger partial charge in [-0.05, 0) is 5.53 Å². The maximum absolute atomic E-state index is 8.11. The Morgan fingerprint density at radius 3 is 2.43 bits per heavy atom. The first-order valence-corrected chi connectivity index (χ1v) is 9.15. The molecule has 0 aliphatic carbocycles. The molecule has 0 saturated heterocycles. The molecule has 0 fully saturated rings. The number of nitrogens with zero attached hydrogens (tertiary/aromatic N) is 6. The molecule has 0 amide bonds. The molecule has 1 unspecified atom stereocenters. The molecular weight excluding hydrogens is 396 g/mol. The number of rotatable bonds is 16. The van der Waals surface area contributed by atoms with Gasteiger partial charge in [0.15, 0.2) is 11.8 Å². The minimum Gasteiger partial charge on any atom is -0.457 e. The summed E-state index contributed by atoms with van der Waals surface area (Å²) < 4.78 is 27.1. The molecule has 3 N–H and O–H groups in total. The summed E-state index contributed by atoms with van der Waals surface area (Å²) in [5.74, 6) is 2.75. The molecule has 13 nitrogen and oxygen atoms in total. The molecule has 0 aromatic carbocycles. The molecule has 0 radical (unpaired) electrons. The minimum atomic E-state index is -0.659. The first-order chi connectivity index (χ1) is 14.7. The molecule has 0 bridgehead atoms. The van der Waals surface area contributed by atoms with E-state index in [1.807, 2.05) is 0 Å². The van der Waals surface area contributed by atoms with Crippen LogP contribution in [-0.2, 0) is 18.9 Å². The summed E-state index contributed by atoms with van der Waals surface area (Å²) >= 11 is 0. The average Bonchev–Trinajstić information content (AvgIpc) is 3.21. The van der Waals surface area contributed by atoms with Gasteiger partial charge in [-0.2, -0.15) is 9.97 Å². The quantitative estimate of drug-likeness (QED) is 0.130. The van der Waals surface area contributed by atoms with Crippen LogP contribution in [0.4, 0.5) is 5.95 Å². The number of hydrogen-bond acceptors (Lipinski definition) is 10. The Balaban J connectivity index is 1.51. The summed E-state index contributed by atoms with van der Waals surface area (Å²) in [6.45, 7) is 3.30. The van der Waals surface area contributed by atoms with Crippen LogP contribution in [0.3, 0.4) is 0 Å². The average molecular weight is 420 g/mol. The summed E-state index contributed by atoms with van der Waals surface area (Å²) in [4.78, 5) is 17.5. The standard InChI is InChI=1S/C17H24N8O5/c1-2-13(30-16-14-15(21-12-20-14)23-17(18)24-16)11-29-10-9-28-8-7-27-6-5-26-4-3-22-25-19/h1,12-13H,3-11H2,(H3,18,20,21,23,24). The Morgan fingerprint density at radius 2 is 1.77 bits per heavy atom. The Hall–Kier alpha value is -3.14. The molecule has 2 heterocycles. The van der Waals surface area contributed by atoms with Crippen LogP contribution in [0.15, 0.2) is 11.4 Å². The third kappa shape index (κ3) is 8.48. The predicted octanol–water partition coefficient (Wildman–Crippen LogP) is 0.692. The van der Waals surface area contributed by atoms with Crippen LogP contribution in [0.25, 0.3) is 21.6 Å². The van der Waals surface area contributed by atoms with Gasteiger partial charge in [-0.15, -0.1) is 6.42 Å². The number of imidazole rings is 1. The molecule has 0 spiro atoms. The minimum absolute atomic E-state index is 0.0385. The van der Waals surface area contributed by atoms with Crippen LogP contribution in [0.5, 0.6) is 5.88 Å². The van der Waals surface area contributed by atoms with E-state index in [1.54, 1.807) is 0 Å². The second-order valence-electron chi connectivity index (χ2n) is 5.63. The first-order valence-electron chi connectivity index (χ1n) is 9.15.